The molecule has 0 aliphatic rings. The van der Waals surface area contributed by atoms with Gasteiger partial charge in [-0.15, -0.1) is 0 Å². The van der Waals surface area contributed by atoms with Crippen molar-refractivity contribution in [1.29, 1.82) is 0 Å². The molecule has 0 amide bonds. The maximum absolute atomic E-state index is 11.8. The van der Waals surface area contributed by atoms with Crippen molar-refractivity contribution in [2.45, 2.75) is 131 Å². The van der Waals surface area contributed by atoms with Gasteiger partial charge in [0.2, 0.25) is 0 Å². The third-order valence-electron chi connectivity index (χ3n) is 9.68. The molecule has 1 rings (SSSR count). The summed E-state index contributed by atoms with van der Waals surface area (Å²) >= 11 is 8.24. The number of esters is 2. The van der Waals surface area contributed by atoms with Gasteiger partial charge in [0.05, 0.1) is 26.1 Å². The number of thiol groups is 2. The van der Waals surface area contributed by atoms with E-state index in [-0.39, 0.29) is 39.0 Å². The van der Waals surface area contributed by atoms with Crippen molar-refractivity contribution in [1.82, 2.24) is 0 Å². The van der Waals surface area contributed by atoms with E-state index in [1.54, 1.807) is 0 Å². The highest BCUT2D eigenvalue weighted by molar-refractivity contribution is 7.80. The maximum Gasteiger partial charge on any atom is 0.306 e. The Bertz CT molecular complexity index is 902. The average molecular weight is 595 g/mol. The maximum atomic E-state index is 11.8. The van der Waals surface area contributed by atoms with Gasteiger partial charge in [-0.1, -0.05) is 94.4 Å². The van der Waals surface area contributed by atoms with Gasteiger partial charge in [0.1, 0.15) is 0 Å². The predicted octanol–water partition coefficient (Wildman–Crippen LogP) is 8.88. The standard InChI is InChI=1S/C34H58O4S2/c1-30(2,3)25-22-26(33(8,9)31(4,5)16-12-18-37-28(35)14-20-39)24-27(23-25)34(10,11)32(6,7)17-13-19-38-29(36)15-21-40/h22-24,39-40H,12-21H2,1-11H3. The zero-order valence-corrected chi connectivity index (χ0v) is 29.1. The summed E-state index contributed by atoms with van der Waals surface area (Å²) in [5.41, 5.74) is 3.77. The van der Waals surface area contributed by atoms with Crippen molar-refractivity contribution in [3.05, 3.63) is 34.9 Å². The molecule has 0 bridgehead atoms. The lowest BCUT2D eigenvalue weighted by Crippen LogP contribution is -2.40. The molecule has 4 nitrogen and oxygen atoms in total. The molecule has 0 radical (unpaired) electrons. The van der Waals surface area contributed by atoms with Gasteiger partial charge in [-0.3, -0.25) is 9.59 Å². The van der Waals surface area contributed by atoms with Gasteiger partial charge in [-0.2, -0.15) is 25.3 Å². The molecule has 0 heterocycles. The zero-order chi connectivity index (χ0) is 31.0. The van der Waals surface area contributed by atoms with Crippen molar-refractivity contribution < 1.29 is 19.1 Å². The lowest BCUT2D eigenvalue weighted by atomic mass is 9.58. The van der Waals surface area contributed by atoms with Gasteiger partial charge in [0.15, 0.2) is 0 Å². The number of carbonyl (C=O) groups excluding carboxylic acids is 2. The number of benzene rings is 1. The van der Waals surface area contributed by atoms with Crippen LogP contribution in [-0.2, 0) is 35.3 Å². The molecule has 0 saturated heterocycles. The van der Waals surface area contributed by atoms with E-state index in [0.29, 0.717) is 37.6 Å². The summed E-state index contributed by atoms with van der Waals surface area (Å²) in [7, 11) is 0. The number of ether oxygens (including phenoxy) is 2. The predicted molar refractivity (Wildman–Crippen MR) is 176 cm³/mol. The van der Waals surface area contributed by atoms with Crippen molar-refractivity contribution in [2.75, 3.05) is 24.7 Å². The van der Waals surface area contributed by atoms with Gasteiger partial charge >= 0.3 is 11.9 Å². The van der Waals surface area contributed by atoms with Crippen molar-refractivity contribution in [3.63, 3.8) is 0 Å². The summed E-state index contributed by atoms with van der Waals surface area (Å²) in [6.45, 7) is 26.5. The Morgan fingerprint density at radius 2 is 0.925 bits per heavy atom. The lowest BCUT2D eigenvalue weighted by molar-refractivity contribution is -0.144. The van der Waals surface area contributed by atoms with E-state index in [9.17, 15) is 9.59 Å². The van der Waals surface area contributed by atoms with Crippen LogP contribution in [0, 0.1) is 10.8 Å². The Morgan fingerprint density at radius 3 is 1.23 bits per heavy atom. The highest BCUT2D eigenvalue weighted by atomic mass is 32.1. The summed E-state index contributed by atoms with van der Waals surface area (Å²) in [6, 6.07) is 7.24. The van der Waals surface area contributed by atoms with Crippen LogP contribution in [0.3, 0.4) is 0 Å². The van der Waals surface area contributed by atoms with Crippen LogP contribution >= 0.6 is 25.3 Å². The summed E-state index contributed by atoms with van der Waals surface area (Å²) < 4.78 is 10.8. The van der Waals surface area contributed by atoms with E-state index in [0.717, 1.165) is 25.7 Å². The first-order valence-corrected chi connectivity index (χ1v) is 16.2. The molecule has 230 valence electrons. The number of hydrogen-bond donors (Lipinski definition) is 2. The zero-order valence-electron chi connectivity index (χ0n) is 27.3. The molecule has 0 aliphatic heterocycles. The summed E-state index contributed by atoms with van der Waals surface area (Å²) in [5.74, 6) is 0.687. The minimum Gasteiger partial charge on any atom is -0.466 e. The van der Waals surface area contributed by atoms with Crippen LogP contribution in [0.15, 0.2) is 18.2 Å². The van der Waals surface area contributed by atoms with Crippen LogP contribution in [0.4, 0.5) is 0 Å². The topological polar surface area (TPSA) is 52.6 Å². The fraction of sp³-hybridized carbons (Fsp3) is 0.765. The van der Waals surface area contributed by atoms with Crippen LogP contribution in [0.1, 0.15) is 131 Å². The molecule has 1 aromatic rings. The van der Waals surface area contributed by atoms with Gasteiger partial charge in [0.25, 0.3) is 0 Å². The molecular weight excluding hydrogens is 537 g/mol. The van der Waals surface area contributed by atoms with Crippen molar-refractivity contribution in [2.24, 2.45) is 10.8 Å². The third-order valence-corrected chi connectivity index (χ3v) is 10.1. The summed E-state index contributed by atoms with van der Waals surface area (Å²) in [5, 5.41) is 0. The number of carbonyl (C=O) groups is 2. The largest absolute Gasteiger partial charge is 0.466 e. The van der Waals surface area contributed by atoms with Crippen LogP contribution in [-0.4, -0.2) is 36.7 Å². The van der Waals surface area contributed by atoms with Crippen molar-refractivity contribution in [3.8, 4) is 0 Å². The third kappa shape index (κ3) is 10.00. The second-order valence-electron chi connectivity index (χ2n) is 14.7. The normalized spacial score (nSPS) is 13.3. The lowest BCUT2D eigenvalue weighted by Gasteiger charge is -2.46. The van der Waals surface area contributed by atoms with Crippen LogP contribution in [0.5, 0.6) is 0 Å². The Balaban J connectivity index is 3.28. The monoisotopic (exact) mass is 594 g/mol. The second kappa shape index (κ2) is 14.8. The smallest absolute Gasteiger partial charge is 0.306 e. The molecule has 0 atom stereocenters. The second-order valence-corrected chi connectivity index (χ2v) is 15.6. The first-order chi connectivity index (χ1) is 18.2. The fourth-order valence-electron chi connectivity index (χ4n) is 4.92. The van der Waals surface area contributed by atoms with E-state index in [1.807, 2.05) is 0 Å². The Labute approximate surface area is 257 Å². The molecule has 40 heavy (non-hydrogen) atoms. The highest BCUT2D eigenvalue weighted by Crippen LogP contribution is 2.49. The molecule has 0 aliphatic carbocycles. The Morgan fingerprint density at radius 1 is 0.600 bits per heavy atom. The molecule has 0 spiro atoms. The summed E-state index contributed by atoms with van der Waals surface area (Å²) in [6.07, 6.45) is 4.27. The number of hydrogen-bond acceptors (Lipinski definition) is 6. The molecule has 0 N–H and O–H groups in total. The molecular formula is C34H58O4S2. The van der Waals surface area contributed by atoms with Crippen molar-refractivity contribution >= 4 is 37.2 Å². The Hall–Kier alpha value is -1.14. The van der Waals surface area contributed by atoms with Crippen LogP contribution in [0.25, 0.3) is 0 Å². The molecule has 0 aromatic heterocycles. The first-order valence-electron chi connectivity index (χ1n) is 14.9. The highest BCUT2D eigenvalue weighted by Gasteiger charge is 2.42. The van der Waals surface area contributed by atoms with Gasteiger partial charge in [-0.25, -0.2) is 0 Å². The van der Waals surface area contributed by atoms with E-state index >= 15 is 0 Å². The van der Waals surface area contributed by atoms with Crippen LogP contribution < -0.4 is 0 Å². The molecule has 1 aromatic carbocycles. The average Bonchev–Trinajstić information content (AvgIpc) is 2.84. The van der Waals surface area contributed by atoms with Gasteiger partial charge in [0, 0.05) is 11.5 Å². The van der Waals surface area contributed by atoms with Gasteiger partial charge in [-0.05, 0) is 69.4 Å². The number of rotatable bonds is 16. The van der Waals surface area contributed by atoms with E-state index < -0.39 is 0 Å². The molecule has 0 unspecified atom stereocenters. The minimum atomic E-state index is -0.171. The SMILES string of the molecule is CC(C)(C)c1cc(C(C)(C)C(C)(C)CCCOC(=O)CCS)cc(C(C)(C)C(C)(C)CCCOC(=O)CCS)c1. The minimum absolute atomic E-state index is 0.00753. The molecule has 0 fully saturated rings. The first kappa shape index (κ1) is 36.9. The van der Waals surface area contributed by atoms with E-state index in [4.69, 9.17) is 9.47 Å². The van der Waals surface area contributed by atoms with E-state index in [1.165, 1.54) is 16.7 Å². The molecule has 6 heteroatoms. The Kier molecular flexibility index (Phi) is 13.7. The fourth-order valence-corrected chi connectivity index (χ4v) is 5.28. The van der Waals surface area contributed by atoms with Gasteiger partial charge < -0.3 is 9.47 Å². The van der Waals surface area contributed by atoms with Crippen LogP contribution in [0.2, 0.25) is 0 Å². The summed E-state index contributed by atoms with van der Waals surface area (Å²) in [4.78, 5) is 23.5. The van der Waals surface area contributed by atoms with E-state index in [2.05, 4.69) is 120 Å². The quantitative estimate of drug-likeness (QED) is 0.114. The molecule has 0 saturated carbocycles.